The van der Waals surface area contributed by atoms with Gasteiger partial charge in [-0.05, 0) is 47.2 Å². The highest BCUT2D eigenvalue weighted by Gasteiger charge is 2.74. The first kappa shape index (κ1) is 65.3. The van der Waals surface area contributed by atoms with E-state index in [1.165, 1.54) is 13.8 Å². The van der Waals surface area contributed by atoms with E-state index < -0.39 is 166 Å². The lowest BCUT2D eigenvalue weighted by atomic mass is 9.79. The van der Waals surface area contributed by atoms with Crippen molar-refractivity contribution in [1.82, 2.24) is 19.8 Å². The molecule has 0 saturated carbocycles. The highest BCUT2D eigenvalue weighted by molar-refractivity contribution is 7.18. The van der Waals surface area contributed by atoms with Crippen LogP contribution in [0.25, 0.3) is 11.1 Å². The van der Waals surface area contributed by atoms with Gasteiger partial charge < -0.3 is 28.4 Å². The van der Waals surface area contributed by atoms with Crippen molar-refractivity contribution in [2.24, 2.45) is 9.98 Å². The van der Waals surface area contributed by atoms with Crippen molar-refractivity contribution in [1.29, 1.82) is 10.5 Å². The number of fused-ring (bicyclic) bond motifs is 4. The molecule has 0 N–H and O–H groups in total. The molecule has 0 spiro atoms. The van der Waals surface area contributed by atoms with E-state index in [-0.39, 0.29) is 30.7 Å². The average molecular weight is 1350 g/mol. The first-order valence-corrected chi connectivity index (χ1v) is 31.4. The van der Waals surface area contributed by atoms with Gasteiger partial charge in [-0.15, -0.1) is 0 Å². The number of amides is 6. The number of hydrogen-bond acceptors (Lipinski definition) is 24. The maximum atomic E-state index is 16.3. The molecular weight excluding hydrogens is 1300 g/mol. The van der Waals surface area contributed by atoms with Gasteiger partial charge in [0.2, 0.25) is 21.1 Å². The Morgan fingerprint density at radius 2 is 0.643 bits per heavy atom. The number of nitrogens with zero attached hydrogens (tertiary/aromatic N) is 8. The maximum Gasteiger partial charge on any atom is 0.424 e. The molecule has 0 atom stereocenters. The lowest BCUT2D eigenvalue weighted by Gasteiger charge is -2.27. The van der Waals surface area contributed by atoms with Gasteiger partial charge in [-0.2, -0.15) is 20.3 Å². The van der Waals surface area contributed by atoms with Crippen LogP contribution in [0.3, 0.4) is 0 Å². The number of imide groups is 6. The van der Waals surface area contributed by atoms with Crippen molar-refractivity contribution in [2.45, 2.75) is 64.3 Å². The van der Waals surface area contributed by atoms with E-state index in [0.717, 1.165) is 0 Å². The van der Waals surface area contributed by atoms with Crippen molar-refractivity contribution in [2.75, 3.05) is 0 Å². The predicted octanol–water partition coefficient (Wildman–Crippen LogP) is 10.2. The van der Waals surface area contributed by atoms with E-state index in [1.807, 2.05) is 0 Å². The first-order valence-electron chi connectivity index (χ1n) is 29.7. The zero-order valence-corrected chi connectivity index (χ0v) is 53.1. The third-order valence-corrected chi connectivity index (χ3v) is 17.9. The van der Waals surface area contributed by atoms with E-state index in [9.17, 15) is 39.3 Å². The van der Waals surface area contributed by atoms with E-state index in [4.69, 9.17) is 38.4 Å². The van der Waals surface area contributed by atoms with Gasteiger partial charge in [0.05, 0.1) is 21.1 Å². The number of hydrogen-bond donors (Lipinski definition) is 0. The number of rotatable bonds is 18. The fourth-order valence-electron chi connectivity index (χ4n) is 11.1. The molecule has 0 saturated heterocycles. The highest BCUT2D eigenvalue weighted by atomic mass is 32.1. The molecule has 0 fully saturated rings. The van der Waals surface area contributed by atoms with Crippen LogP contribution in [0.15, 0.2) is 214 Å². The molecule has 2 aliphatic heterocycles. The monoisotopic (exact) mass is 1340 g/mol. The van der Waals surface area contributed by atoms with Gasteiger partial charge in [-0.25, -0.2) is 29.5 Å². The standard InChI is InChI=1S/C72H48N8O16S2/c1-41-49(33-73)59(81)79(69(89)95-39-47-29-17-7-18-30-47)61(83)53(41)75-67-77-57-55(97-67)51-52(71(57,63(85)91-35-43-21-9-3-10-22-43)64(86)92-36-44-23-11-4-12-24-44)56-58(72(51,65(87)93-37-45-25-13-5-14-26-45)66(88)94-38-46-27-15-6-16-28-46)78-68(98-56)76-54-42(2)50(34-74)60(82)80(62(54)84)70(90)96-40-48-31-19-8-20-32-48/h3-32H,35-40H2,1-2H3/b75-53+,76-54+. The van der Waals surface area contributed by atoms with Crippen LogP contribution in [0.2, 0.25) is 0 Å². The minimum Gasteiger partial charge on any atom is -0.459 e. The van der Waals surface area contributed by atoms with Gasteiger partial charge in [-0.1, -0.05) is 205 Å². The summed E-state index contributed by atoms with van der Waals surface area (Å²) in [5.41, 5.74) is -9.50. The smallest absolute Gasteiger partial charge is 0.424 e. The third kappa shape index (κ3) is 11.9. The SMILES string of the molecule is CC1=C(C#N)C(=O)N(C(=O)OCc2ccccc2)C(=O)/C1=N/c1nc2c(s1)C1=C(c3sc(/N=C4/C(=O)N(C(=O)OCc5ccccc5)C(=O)C(C#N)=C4C)nc3C1(C(=O)OCc1ccccc1)C(=O)OCc1ccccc1)C2(C(=O)OCc1ccccc1)C(=O)OCc1ccccc1. The molecule has 6 amide bonds. The van der Waals surface area contributed by atoms with Gasteiger partial charge in [0.25, 0.3) is 23.6 Å². The second kappa shape index (κ2) is 27.7. The molecule has 12 rings (SSSR count). The molecule has 26 heteroatoms. The zero-order chi connectivity index (χ0) is 68.8. The van der Waals surface area contributed by atoms with Crippen molar-refractivity contribution in [3.63, 3.8) is 0 Å². The van der Waals surface area contributed by atoms with Crippen LogP contribution in [0.5, 0.6) is 0 Å². The molecule has 8 aromatic rings. The topological polar surface area (TPSA) is 331 Å². The highest BCUT2D eigenvalue weighted by Crippen LogP contribution is 2.67. The summed E-state index contributed by atoms with van der Waals surface area (Å²) in [5, 5.41) is 19.8. The zero-order valence-electron chi connectivity index (χ0n) is 51.5. The Bertz CT molecular complexity index is 4480. The van der Waals surface area contributed by atoms with Crippen LogP contribution < -0.4 is 0 Å². The Kier molecular flexibility index (Phi) is 18.4. The van der Waals surface area contributed by atoms with Gasteiger partial charge in [-0.3, -0.25) is 38.4 Å². The predicted molar refractivity (Wildman–Crippen MR) is 347 cm³/mol. The van der Waals surface area contributed by atoms with Gasteiger partial charge in [0, 0.05) is 22.3 Å². The Labute approximate surface area is 564 Å². The first-order chi connectivity index (χ1) is 47.5. The number of aromatic nitrogens is 2. The van der Waals surface area contributed by atoms with Crippen molar-refractivity contribution in [3.05, 3.63) is 259 Å². The van der Waals surface area contributed by atoms with Crippen molar-refractivity contribution >= 4 is 115 Å². The van der Waals surface area contributed by atoms with Crippen molar-refractivity contribution < 1.29 is 76.4 Å². The Hall–Kier alpha value is -12.8. The van der Waals surface area contributed by atoms with Crippen LogP contribution >= 0.6 is 22.7 Å². The molecule has 484 valence electrons. The molecule has 0 bridgehead atoms. The average Bonchev–Trinajstić information content (AvgIpc) is 1.48. The van der Waals surface area contributed by atoms with Gasteiger partial charge in [0.15, 0.2) is 0 Å². The Morgan fingerprint density at radius 1 is 0.398 bits per heavy atom. The number of thiazole rings is 2. The number of esters is 4. The molecule has 6 aromatic carbocycles. The summed E-state index contributed by atoms with van der Waals surface area (Å²) in [5.74, 6) is -11.2. The fraction of sp³-hybridized carbons (Fsp3) is 0.139. The van der Waals surface area contributed by atoms with Crippen LogP contribution in [-0.2, 0) is 117 Å². The molecule has 0 radical (unpaired) electrons. The third-order valence-electron chi connectivity index (χ3n) is 16.0. The van der Waals surface area contributed by atoms with Crippen LogP contribution in [0, 0.1) is 22.7 Å². The van der Waals surface area contributed by atoms with Crippen molar-refractivity contribution in [3.8, 4) is 12.1 Å². The second-order valence-corrected chi connectivity index (χ2v) is 23.9. The van der Waals surface area contributed by atoms with Crippen LogP contribution in [0.4, 0.5) is 19.9 Å². The fourth-order valence-corrected chi connectivity index (χ4v) is 13.4. The number of carbonyl (C=O) groups excluding carboxylic acids is 10. The quantitative estimate of drug-likeness (QED) is 0.0333. The summed E-state index contributed by atoms with van der Waals surface area (Å²) in [4.78, 5) is 168. The summed E-state index contributed by atoms with van der Waals surface area (Å²) in [7, 11) is 0. The normalized spacial score (nSPS) is 15.8. The number of ether oxygens (including phenoxy) is 6. The molecule has 4 heterocycles. The molecule has 2 aromatic heterocycles. The summed E-state index contributed by atoms with van der Waals surface area (Å²) in [6, 6.07) is 53.0. The van der Waals surface area contributed by atoms with Crippen LogP contribution in [-0.4, -0.2) is 90.9 Å². The largest absolute Gasteiger partial charge is 0.459 e. The summed E-state index contributed by atoms with van der Waals surface area (Å²) < 4.78 is 35.6. The van der Waals surface area contributed by atoms with Crippen LogP contribution in [0.1, 0.15) is 68.4 Å². The summed E-state index contributed by atoms with van der Waals surface area (Å²) in [6.07, 6.45) is -2.96. The molecule has 24 nitrogen and oxygen atoms in total. The molecule has 2 aliphatic carbocycles. The number of aliphatic imine (C=N–C) groups is 2. The Balaban J connectivity index is 1.11. The summed E-state index contributed by atoms with van der Waals surface area (Å²) >= 11 is 0.985. The second-order valence-electron chi connectivity index (χ2n) is 22.0. The Morgan fingerprint density at radius 3 is 0.888 bits per heavy atom. The summed E-state index contributed by atoms with van der Waals surface area (Å²) in [6.45, 7) is -0.569. The minimum atomic E-state index is -3.12. The number of nitriles is 2. The molecule has 0 unspecified atom stereocenters. The van der Waals surface area contributed by atoms with E-state index in [1.54, 1.807) is 194 Å². The minimum absolute atomic E-state index is 0.0753. The number of carbonyl (C=O) groups is 10. The lowest BCUT2D eigenvalue weighted by molar-refractivity contribution is -0.165. The number of benzene rings is 6. The maximum absolute atomic E-state index is 16.3. The van der Waals surface area contributed by atoms with Gasteiger partial charge in [0.1, 0.15) is 74.3 Å². The van der Waals surface area contributed by atoms with Gasteiger partial charge >= 0.3 is 36.1 Å². The van der Waals surface area contributed by atoms with E-state index in [2.05, 4.69) is 9.98 Å². The molecular formula is C72H48N8O16S2. The lowest BCUT2D eigenvalue weighted by Crippen LogP contribution is -2.50. The molecule has 4 aliphatic rings. The molecule has 98 heavy (non-hydrogen) atoms. The van der Waals surface area contributed by atoms with E-state index in [0.29, 0.717) is 56.1 Å². The van der Waals surface area contributed by atoms with E-state index >= 15 is 19.2 Å².